The van der Waals surface area contributed by atoms with E-state index in [2.05, 4.69) is 0 Å². The Labute approximate surface area is 191 Å². The zero-order valence-corrected chi connectivity index (χ0v) is 19.0. The topological polar surface area (TPSA) is 41.9 Å². The van der Waals surface area contributed by atoms with Crippen molar-refractivity contribution in [1.82, 2.24) is 0 Å². The number of methoxy groups -OCH3 is 1. The van der Waals surface area contributed by atoms with E-state index in [4.69, 9.17) is 21.3 Å². The first kappa shape index (κ1) is 21.2. The van der Waals surface area contributed by atoms with E-state index in [0.717, 1.165) is 28.1 Å². The van der Waals surface area contributed by atoms with Gasteiger partial charge in [0.15, 0.2) is 5.17 Å². The molecule has 0 atom stereocenters. The molecule has 0 spiro atoms. The Morgan fingerprint density at radius 3 is 2.26 bits per heavy atom. The summed E-state index contributed by atoms with van der Waals surface area (Å²) in [6.07, 6.45) is 1.80. The van der Waals surface area contributed by atoms with E-state index < -0.39 is 0 Å². The van der Waals surface area contributed by atoms with Crippen LogP contribution in [0.25, 0.3) is 6.08 Å². The molecule has 1 heterocycles. The largest absolute Gasteiger partial charge is 0.496 e. The molecule has 0 aromatic heterocycles. The van der Waals surface area contributed by atoms with Gasteiger partial charge in [0.25, 0.3) is 5.91 Å². The van der Waals surface area contributed by atoms with Gasteiger partial charge in [-0.15, -0.1) is 0 Å². The molecule has 0 radical (unpaired) electrons. The minimum absolute atomic E-state index is 0.137. The highest BCUT2D eigenvalue weighted by Crippen LogP contribution is 2.38. The molecule has 31 heavy (non-hydrogen) atoms. The van der Waals surface area contributed by atoms with Crippen molar-refractivity contribution in [3.8, 4) is 5.75 Å². The number of ether oxygens (including phenoxy) is 1. The highest BCUT2D eigenvalue weighted by atomic mass is 35.5. The molecule has 6 heteroatoms. The Morgan fingerprint density at radius 2 is 1.61 bits per heavy atom. The number of amidine groups is 1. The maximum absolute atomic E-state index is 13.4. The molecule has 0 N–H and O–H groups in total. The molecule has 1 fully saturated rings. The van der Waals surface area contributed by atoms with E-state index in [0.29, 0.717) is 20.8 Å². The van der Waals surface area contributed by atoms with Crippen LogP contribution in [0.4, 0.5) is 11.4 Å². The lowest BCUT2D eigenvalue weighted by Crippen LogP contribution is -2.28. The van der Waals surface area contributed by atoms with Crippen molar-refractivity contribution < 1.29 is 9.53 Å². The Hall–Kier alpha value is -3.02. The fraction of sp³-hybridized carbons (Fsp3) is 0.120. The van der Waals surface area contributed by atoms with Gasteiger partial charge in [-0.25, -0.2) is 4.99 Å². The number of carbonyl (C=O) groups excluding carboxylic acids is 1. The summed E-state index contributed by atoms with van der Waals surface area (Å²) in [6.45, 7) is 4.05. The van der Waals surface area contributed by atoms with Crippen LogP contribution in [-0.4, -0.2) is 18.2 Å². The number of hydrogen-bond acceptors (Lipinski definition) is 4. The fourth-order valence-electron chi connectivity index (χ4n) is 3.16. The summed E-state index contributed by atoms with van der Waals surface area (Å²) < 4.78 is 5.44. The van der Waals surface area contributed by atoms with Crippen LogP contribution < -0.4 is 9.64 Å². The van der Waals surface area contributed by atoms with Gasteiger partial charge in [-0.3, -0.25) is 9.69 Å². The SMILES string of the molecule is COc1ccc(Cl)cc1C=C1SC(=Nc2ccc(C)cc2)N(c2ccc(C)cc2)C1=O. The van der Waals surface area contributed by atoms with Crippen LogP contribution in [0.2, 0.25) is 5.02 Å². The number of nitrogens with zero attached hydrogens (tertiary/aromatic N) is 2. The van der Waals surface area contributed by atoms with Gasteiger partial charge >= 0.3 is 0 Å². The van der Waals surface area contributed by atoms with Crippen LogP contribution in [-0.2, 0) is 4.79 Å². The van der Waals surface area contributed by atoms with Gasteiger partial charge in [-0.05, 0) is 74.1 Å². The summed E-state index contributed by atoms with van der Waals surface area (Å²) in [5, 5.41) is 1.18. The van der Waals surface area contributed by atoms with Gasteiger partial charge in [-0.1, -0.05) is 47.0 Å². The molecule has 0 bridgehead atoms. The number of hydrogen-bond donors (Lipinski definition) is 0. The molecule has 0 aliphatic carbocycles. The number of halogens is 1. The van der Waals surface area contributed by atoms with Crippen molar-refractivity contribution >= 4 is 51.9 Å². The summed E-state index contributed by atoms with van der Waals surface area (Å²) >= 11 is 7.51. The molecule has 0 unspecified atom stereocenters. The van der Waals surface area contributed by atoms with Crippen molar-refractivity contribution in [3.05, 3.63) is 93.3 Å². The Kier molecular flexibility index (Phi) is 6.16. The molecular weight excluding hydrogens is 428 g/mol. The molecule has 3 aromatic rings. The monoisotopic (exact) mass is 448 g/mol. The highest BCUT2D eigenvalue weighted by molar-refractivity contribution is 8.19. The number of thioether (sulfide) groups is 1. The van der Waals surface area contributed by atoms with E-state index >= 15 is 0 Å². The van der Waals surface area contributed by atoms with Gasteiger partial charge < -0.3 is 4.74 Å². The van der Waals surface area contributed by atoms with Gasteiger partial charge in [-0.2, -0.15) is 0 Å². The number of amides is 1. The van der Waals surface area contributed by atoms with Gasteiger partial charge in [0.2, 0.25) is 0 Å². The average Bonchev–Trinajstić information content (AvgIpc) is 3.05. The van der Waals surface area contributed by atoms with Crippen LogP contribution in [0.5, 0.6) is 5.75 Å². The lowest BCUT2D eigenvalue weighted by Gasteiger charge is -2.16. The van der Waals surface area contributed by atoms with Crippen LogP contribution in [0, 0.1) is 13.8 Å². The van der Waals surface area contributed by atoms with Crippen molar-refractivity contribution in [3.63, 3.8) is 0 Å². The Bertz CT molecular complexity index is 1190. The third-order valence-corrected chi connectivity index (χ3v) is 6.04. The van der Waals surface area contributed by atoms with E-state index in [-0.39, 0.29) is 5.91 Å². The lowest BCUT2D eigenvalue weighted by molar-refractivity contribution is -0.113. The fourth-order valence-corrected chi connectivity index (χ4v) is 4.33. The van der Waals surface area contributed by atoms with E-state index in [9.17, 15) is 4.79 Å². The van der Waals surface area contributed by atoms with Crippen molar-refractivity contribution in [2.24, 2.45) is 4.99 Å². The van der Waals surface area contributed by atoms with Gasteiger partial charge in [0.05, 0.1) is 23.4 Å². The lowest BCUT2D eigenvalue weighted by atomic mass is 10.1. The first-order chi connectivity index (χ1) is 14.9. The second-order valence-corrected chi connectivity index (χ2v) is 8.65. The van der Waals surface area contributed by atoms with Crippen LogP contribution >= 0.6 is 23.4 Å². The Morgan fingerprint density at radius 1 is 0.968 bits per heavy atom. The maximum Gasteiger partial charge on any atom is 0.271 e. The molecule has 3 aromatic carbocycles. The molecule has 0 saturated carbocycles. The molecule has 1 amide bonds. The zero-order valence-electron chi connectivity index (χ0n) is 17.4. The Balaban J connectivity index is 1.79. The zero-order chi connectivity index (χ0) is 22.0. The molecular formula is C25H21ClN2O2S. The average molecular weight is 449 g/mol. The molecule has 1 saturated heterocycles. The molecule has 156 valence electrons. The molecule has 4 nitrogen and oxygen atoms in total. The van der Waals surface area contributed by atoms with Gasteiger partial charge in [0.1, 0.15) is 5.75 Å². The van der Waals surface area contributed by atoms with Crippen LogP contribution in [0.15, 0.2) is 76.6 Å². The third-order valence-electron chi connectivity index (χ3n) is 4.84. The summed E-state index contributed by atoms with van der Waals surface area (Å²) in [5.74, 6) is 0.512. The van der Waals surface area contributed by atoms with Gasteiger partial charge in [0, 0.05) is 10.6 Å². The summed E-state index contributed by atoms with van der Waals surface area (Å²) in [7, 11) is 1.59. The van der Waals surface area contributed by atoms with Crippen LogP contribution in [0.3, 0.4) is 0 Å². The normalized spacial score (nSPS) is 16.4. The van der Waals surface area contributed by atoms with Crippen LogP contribution in [0.1, 0.15) is 16.7 Å². The summed E-state index contributed by atoms with van der Waals surface area (Å²) in [6, 6.07) is 21.1. The summed E-state index contributed by atoms with van der Waals surface area (Å²) in [4.78, 5) is 20.4. The van der Waals surface area contributed by atoms with Crippen molar-refractivity contribution in [2.45, 2.75) is 13.8 Å². The second-order valence-electron chi connectivity index (χ2n) is 7.20. The standard InChI is InChI=1S/C25H21ClN2O2S/c1-16-4-9-20(10-5-16)27-25-28(21-11-6-17(2)7-12-21)24(29)23(31-25)15-18-14-19(26)8-13-22(18)30-3/h4-15H,1-3H3. The first-order valence-electron chi connectivity index (χ1n) is 9.74. The number of aryl methyl sites for hydroxylation is 2. The molecule has 1 aliphatic rings. The van der Waals surface area contributed by atoms with Crippen molar-refractivity contribution in [2.75, 3.05) is 12.0 Å². The smallest absolute Gasteiger partial charge is 0.271 e. The van der Waals surface area contributed by atoms with Crippen molar-refractivity contribution in [1.29, 1.82) is 0 Å². The molecule has 1 aliphatic heterocycles. The quantitative estimate of drug-likeness (QED) is 0.413. The predicted octanol–water partition coefficient (Wildman–Crippen LogP) is 6.77. The number of anilines is 1. The second kappa shape index (κ2) is 9.00. The van der Waals surface area contributed by atoms with E-state index in [1.165, 1.54) is 11.8 Å². The number of benzene rings is 3. The number of rotatable bonds is 4. The predicted molar refractivity (Wildman–Crippen MR) is 131 cm³/mol. The first-order valence-corrected chi connectivity index (χ1v) is 10.9. The molecule has 4 rings (SSSR count). The maximum atomic E-state index is 13.4. The summed E-state index contributed by atoms with van der Waals surface area (Å²) in [5.41, 5.74) is 4.59. The third kappa shape index (κ3) is 4.68. The van der Waals surface area contributed by atoms with E-state index in [1.54, 1.807) is 36.3 Å². The number of carbonyl (C=O) groups is 1. The number of aliphatic imine (C=N–C) groups is 1. The minimum atomic E-state index is -0.137. The highest BCUT2D eigenvalue weighted by Gasteiger charge is 2.35. The minimum Gasteiger partial charge on any atom is -0.496 e. The van der Waals surface area contributed by atoms with E-state index in [1.807, 2.05) is 62.4 Å².